The second-order valence-electron chi connectivity index (χ2n) is 18.2. The lowest BCUT2D eigenvalue weighted by molar-refractivity contribution is -0.224. The van der Waals surface area contributed by atoms with Crippen molar-refractivity contribution in [1.29, 1.82) is 0 Å². The van der Waals surface area contributed by atoms with Crippen LogP contribution >= 0.6 is 0 Å². The summed E-state index contributed by atoms with van der Waals surface area (Å²) in [6.45, 7) is 10.4. The summed E-state index contributed by atoms with van der Waals surface area (Å²) < 4.78 is 25.3. The number of hydroxylamine groups is 2. The van der Waals surface area contributed by atoms with Crippen molar-refractivity contribution in [2.24, 2.45) is 5.41 Å². The highest BCUT2D eigenvalue weighted by molar-refractivity contribution is 5.96. The van der Waals surface area contributed by atoms with Crippen LogP contribution in [0.15, 0.2) is 30.3 Å². The highest BCUT2D eigenvalue weighted by Gasteiger charge is 2.76. The summed E-state index contributed by atoms with van der Waals surface area (Å²) in [5.41, 5.74) is -0.820. The maximum atomic E-state index is 15.1. The van der Waals surface area contributed by atoms with Crippen LogP contribution in [0, 0.1) is 5.41 Å². The highest BCUT2D eigenvalue weighted by Crippen LogP contribution is 2.58. The third-order valence-electron chi connectivity index (χ3n) is 11.9. The molecule has 0 unspecified atom stereocenters. The monoisotopic (exact) mass is 856 g/mol. The van der Waals surface area contributed by atoms with Crippen LogP contribution in [0.4, 0.5) is 0 Å². The quantitative estimate of drug-likeness (QED) is 0.0793. The Morgan fingerprint density at radius 2 is 1.64 bits per heavy atom. The average Bonchev–Trinajstić information content (AvgIpc) is 3.75. The van der Waals surface area contributed by atoms with Crippen molar-refractivity contribution in [1.82, 2.24) is 20.6 Å². The molecule has 340 valence electrons. The number of aliphatic hydroxyl groups excluding tert-OH is 2. The van der Waals surface area contributed by atoms with Crippen molar-refractivity contribution in [2.45, 2.75) is 179 Å². The summed E-state index contributed by atoms with van der Waals surface area (Å²) in [4.78, 5) is 75.9. The smallest absolute Gasteiger partial charge is 0.327 e. The third kappa shape index (κ3) is 11.4. The Kier molecular flexibility index (Phi) is 16.2. The van der Waals surface area contributed by atoms with E-state index < -0.39 is 95.8 Å². The first kappa shape index (κ1) is 48.1. The summed E-state index contributed by atoms with van der Waals surface area (Å²) in [6.07, 6.45) is 5.16. The van der Waals surface area contributed by atoms with Gasteiger partial charge in [-0.1, -0.05) is 63.8 Å². The maximum absolute atomic E-state index is 15.1. The molecule has 1 aliphatic carbocycles. The first-order valence-electron chi connectivity index (χ1n) is 22.0. The van der Waals surface area contributed by atoms with Gasteiger partial charge in [0, 0.05) is 45.9 Å². The van der Waals surface area contributed by atoms with E-state index >= 15 is 4.79 Å². The van der Waals surface area contributed by atoms with E-state index in [1.54, 1.807) is 40.9 Å². The first-order chi connectivity index (χ1) is 28.9. The van der Waals surface area contributed by atoms with Crippen LogP contribution in [0.3, 0.4) is 0 Å². The lowest BCUT2D eigenvalue weighted by Gasteiger charge is -2.49. The molecule has 61 heavy (non-hydrogen) atoms. The van der Waals surface area contributed by atoms with Crippen molar-refractivity contribution in [3.05, 3.63) is 41.5 Å². The number of rotatable bonds is 21. The Morgan fingerprint density at radius 3 is 2.21 bits per heavy atom. The minimum atomic E-state index is -1.64. The molecule has 16 nitrogen and oxygen atoms in total. The lowest BCUT2D eigenvalue weighted by Crippen LogP contribution is -2.71. The van der Waals surface area contributed by atoms with Crippen LogP contribution in [-0.4, -0.2) is 131 Å². The van der Waals surface area contributed by atoms with E-state index in [2.05, 4.69) is 24.5 Å². The van der Waals surface area contributed by atoms with Crippen LogP contribution in [0.1, 0.15) is 123 Å². The van der Waals surface area contributed by atoms with Gasteiger partial charge < -0.3 is 44.7 Å². The average molecular weight is 857 g/mol. The number of nitrogens with one attached hydrogen (secondary N) is 2. The number of carbonyl (C=O) groups excluding carboxylic acids is 5. The predicted octanol–water partition coefficient (Wildman–Crippen LogP) is 3.69. The number of nitrogens with zero attached hydrogens (tertiary/aromatic N) is 2. The summed E-state index contributed by atoms with van der Waals surface area (Å²) >= 11 is 0. The van der Waals surface area contributed by atoms with Crippen molar-refractivity contribution in [3.8, 4) is 0 Å². The van der Waals surface area contributed by atoms with Crippen LogP contribution in [0.2, 0.25) is 0 Å². The molecule has 3 saturated heterocycles. The number of esters is 2. The van der Waals surface area contributed by atoms with Crippen molar-refractivity contribution in [2.75, 3.05) is 20.7 Å². The van der Waals surface area contributed by atoms with Gasteiger partial charge in [0.2, 0.25) is 17.7 Å². The van der Waals surface area contributed by atoms with Gasteiger partial charge in [-0.2, -0.15) is 5.06 Å². The standard InChI is InChI=1S/C45H68N4O12/c1-9-11-13-23-44(24-14-12-10-2)59-36-32-25-45(42(56)47-35(28(3)51)40(54)46-31(27-50)20-22-34(53)58-43(4,5)6)38(41(55)57-32)49(61-39(45)37(36)60-44)26-30-17-15-29(16-18-30)19-21-33(52)48(7)8/h15-19,21,28,31-32,35-39,50-51H,9-14,20,22-27H2,1-8H3,(H,46,54)(H,47,56)/t28-,31-,32+,35+,36-,37-,38+,39+,45+/m0/s1. The molecule has 3 heterocycles. The van der Waals surface area contributed by atoms with Gasteiger partial charge >= 0.3 is 11.9 Å². The summed E-state index contributed by atoms with van der Waals surface area (Å²) in [5.74, 6) is -3.82. The second kappa shape index (κ2) is 20.5. The molecule has 1 saturated carbocycles. The normalized spacial score (nSPS) is 26.9. The minimum Gasteiger partial charge on any atom is -0.460 e. The number of hydrogen-bond donors (Lipinski definition) is 4. The fourth-order valence-corrected chi connectivity index (χ4v) is 8.79. The summed E-state index contributed by atoms with van der Waals surface area (Å²) in [7, 11) is 3.34. The van der Waals surface area contributed by atoms with Crippen LogP contribution in [0.5, 0.6) is 0 Å². The van der Waals surface area contributed by atoms with E-state index in [4.69, 9.17) is 23.8 Å². The number of carbonyl (C=O) groups is 5. The molecule has 16 heteroatoms. The molecule has 1 aromatic rings. The largest absolute Gasteiger partial charge is 0.460 e. The van der Waals surface area contributed by atoms with E-state index in [0.29, 0.717) is 12.8 Å². The van der Waals surface area contributed by atoms with E-state index in [-0.39, 0.29) is 31.7 Å². The van der Waals surface area contributed by atoms with Crippen molar-refractivity contribution in [3.63, 3.8) is 0 Å². The second-order valence-corrected chi connectivity index (χ2v) is 18.2. The molecule has 4 N–H and O–H groups in total. The van der Waals surface area contributed by atoms with Gasteiger partial charge in [0.05, 0.1) is 25.3 Å². The minimum absolute atomic E-state index is 0.00781. The third-order valence-corrected chi connectivity index (χ3v) is 11.9. The summed E-state index contributed by atoms with van der Waals surface area (Å²) in [6, 6.07) is 3.69. The predicted molar refractivity (Wildman–Crippen MR) is 224 cm³/mol. The Morgan fingerprint density at radius 1 is 1.00 bits per heavy atom. The van der Waals surface area contributed by atoms with Gasteiger partial charge in [0.1, 0.15) is 41.5 Å². The van der Waals surface area contributed by atoms with E-state index in [0.717, 1.165) is 49.7 Å². The molecule has 0 radical (unpaired) electrons. The SMILES string of the molecule is CCCCCC1(CCCCC)O[C@@H]2[C@H](O1)[C@H]1ON(Cc3ccc(C=CC(=O)N(C)C)cc3)[C@@H]3C(=O)O[C@@H]2C[C@]13C(=O)N[C@@H](C(=O)N[C@H](CO)CCC(=O)OC(C)(C)C)[C@H](C)O. The molecule has 4 aliphatic rings. The molecular formula is C45H68N4O12. The number of ether oxygens (including phenoxy) is 4. The van der Waals surface area contributed by atoms with Gasteiger partial charge in [-0.05, 0) is 64.2 Å². The van der Waals surface area contributed by atoms with Crippen LogP contribution in [-0.2, 0) is 54.3 Å². The fourth-order valence-electron chi connectivity index (χ4n) is 8.79. The Labute approximate surface area is 359 Å². The van der Waals surface area contributed by atoms with Crippen molar-refractivity contribution < 1.29 is 58.0 Å². The van der Waals surface area contributed by atoms with Crippen LogP contribution in [0.25, 0.3) is 6.08 Å². The molecule has 4 fully saturated rings. The lowest BCUT2D eigenvalue weighted by atomic mass is 9.62. The molecule has 2 bridgehead atoms. The zero-order valence-electron chi connectivity index (χ0n) is 37.1. The Hall–Kier alpha value is -3.93. The maximum Gasteiger partial charge on any atom is 0.327 e. The molecule has 3 aliphatic heterocycles. The van der Waals surface area contributed by atoms with Crippen molar-refractivity contribution >= 4 is 35.7 Å². The molecule has 9 atom stereocenters. The number of benzene rings is 1. The zero-order chi connectivity index (χ0) is 44.7. The van der Waals surface area contributed by atoms with E-state index in [1.165, 1.54) is 23.0 Å². The topological polar surface area (TPSA) is 202 Å². The number of likely N-dealkylation sites (N-methyl/N-ethyl adjacent to an activating group) is 1. The highest BCUT2D eigenvalue weighted by atomic mass is 16.8. The molecule has 3 amide bonds. The molecule has 5 rings (SSSR count). The number of aliphatic hydroxyl groups is 2. The number of amides is 3. The molecule has 1 aromatic carbocycles. The molecule has 0 aromatic heterocycles. The van der Waals surface area contributed by atoms with Gasteiger partial charge in [0.25, 0.3) is 0 Å². The van der Waals surface area contributed by atoms with E-state index in [9.17, 15) is 29.4 Å². The van der Waals surface area contributed by atoms with Gasteiger partial charge in [-0.3, -0.25) is 28.8 Å². The number of hydrogen-bond acceptors (Lipinski definition) is 13. The van der Waals surface area contributed by atoms with Crippen LogP contribution < -0.4 is 10.6 Å². The Bertz CT molecular complexity index is 1720. The fraction of sp³-hybridized carbons (Fsp3) is 0.711. The first-order valence-corrected chi connectivity index (χ1v) is 22.0. The van der Waals surface area contributed by atoms with E-state index in [1.807, 2.05) is 24.3 Å². The van der Waals surface area contributed by atoms with Gasteiger partial charge in [-0.25, -0.2) is 0 Å². The molecular weight excluding hydrogens is 789 g/mol. The van der Waals surface area contributed by atoms with Gasteiger partial charge in [-0.15, -0.1) is 0 Å². The zero-order valence-corrected chi connectivity index (χ0v) is 37.1. The number of unbranched alkanes of at least 4 members (excludes halogenated alkanes) is 4. The Balaban J connectivity index is 1.45. The molecule has 0 spiro atoms. The summed E-state index contributed by atoms with van der Waals surface area (Å²) in [5, 5.41) is 28.0. The van der Waals surface area contributed by atoms with Gasteiger partial charge in [0.15, 0.2) is 11.8 Å². The number of fused-ring (bicyclic) bond motifs is 4.